The van der Waals surface area contributed by atoms with E-state index in [1.165, 1.54) is 0 Å². The van der Waals surface area contributed by atoms with Crippen LogP contribution < -0.4 is 5.73 Å². The molecule has 1 aliphatic rings. The first-order valence-corrected chi connectivity index (χ1v) is 12.1. The minimum atomic E-state index is -1.65. The van der Waals surface area contributed by atoms with Gasteiger partial charge in [0.1, 0.15) is 11.0 Å². The maximum Gasteiger partial charge on any atom is 0.246 e. The van der Waals surface area contributed by atoms with Crippen molar-refractivity contribution in [2.75, 3.05) is 0 Å². The van der Waals surface area contributed by atoms with Crippen molar-refractivity contribution in [3.63, 3.8) is 0 Å². The van der Waals surface area contributed by atoms with Gasteiger partial charge in [0, 0.05) is 20.6 Å². The van der Waals surface area contributed by atoms with E-state index < -0.39 is 22.9 Å². The van der Waals surface area contributed by atoms with Crippen molar-refractivity contribution >= 4 is 51.7 Å². The first-order chi connectivity index (χ1) is 15.3. The van der Waals surface area contributed by atoms with Crippen molar-refractivity contribution in [2.24, 2.45) is 5.73 Å². The van der Waals surface area contributed by atoms with E-state index in [1.807, 2.05) is 30.3 Å². The lowest BCUT2D eigenvalue weighted by molar-refractivity contribution is -0.115. The summed E-state index contributed by atoms with van der Waals surface area (Å²) in [4.78, 5) is 13.0. The molecule has 0 fully saturated rings. The molecule has 1 heterocycles. The maximum absolute atomic E-state index is 14.0. The molecule has 3 unspecified atom stereocenters. The lowest BCUT2D eigenvalue weighted by Gasteiger charge is -2.40. The van der Waals surface area contributed by atoms with Gasteiger partial charge in [-0.1, -0.05) is 65.1 Å². The van der Waals surface area contributed by atoms with Crippen molar-refractivity contribution < 1.29 is 9.00 Å². The number of nitrogens with two attached hydrogens (primary N) is 1. The number of hydrogen-bond acceptors (Lipinski definition) is 2. The summed E-state index contributed by atoms with van der Waals surface area (Å²) in [5, 5.41) is 1.62. The highest BCUT2D eigenvalue weighted by Gasteiger charge is 2.40. The molecule has 2 N–H and O–H groups in total. The SMILES string of the molecule is NC(=O)C1=CCC(c2cccc(Cl)c2)N(S(=O)c2ccc(Cl)cc2)C1c1cccc(Cl)c1. The fourth-order valence-corrected chi connectivity index (χ4v) is 5.89. The number of carbonyl (C=O) groups is 1. The topological polar surface area (TPSA) is 63.4 Å². The van der Waals surface area contributed by atoms with Crippen LogP contribution >= 0.6 is 34.8 Å². The number of nitrogens with zero attached hydrogens (tertiary/aromatic N) is 1. The quantitative estimate of drug-likeness (QED) is 0.444. The van der Waals surface area contributed by atoms with Gasteiger partial charge in [0.05, 0.1) is 17.0 Å². The van der Waals surface area contributed by atoms with Crippen LogP contribution in [0.15, 0.2) is 89.3 Å². The Kier molecular flexibility index (Phi) is 7.03. The zero-order valence-electron chi connectivity index (χ0n) is 16.8. The highest BCUT2D eigenvalue weighted by molar-refractivity contribution is 7.82. The molecular weight excluding hydrogens is 487 g/mol. The largest absolute Gasteiger partial charge is 0.366 e. The Morgan fingerprint density at radius 3 is 2.06 bits per heavy atom. The third kappa shape index (κ3) is 4.77. The van der Waals surface area contributed by atoms with Crippen molar-refractivity contribution in [1.29, 1.82) is 0 Å². The summed E-state index contributed by atoms with van der Waals surface area (Å²) in [6, 6.07) is 20.4. The van der Waals surface area contributed by atoms with E-state index in [1.54, 1.807) is 52.8 Å². The Bertz CT molecular complexity index is 1210. The van der Waals surface area contributed by atoms with Crippen LogP contribution in [-0.4, -0.2) is 14.4 Å². The van der Waals surface area contributed by atoms with Gasteiger partial charge >= 0.3 is 0 Å². The zero-order chi connectivity index (χ0) is 22.8. The predicted octanol–water partition coefficient (Wildman–Crippen LogP) is 6.27. The van der Waals surface area contributed by atoms with Gasteiger partial charge in [-0.05, 0) is 66.1 Å². The van der Waals surface area contributed by atoms with Crippen LogP contribution in [0.5, 0.6) is 0 Å². The van der Waals surface area contributed by atoms with E-state index in [-0.39, 0.29) is 6.04 Å². The first-order valence-electron chi connectivity index (χ1n) is 9.81. The molecule has 0 saturated carbocycles. The van der Waals surface area contributed by atoms with Crippen LogP contribution in [0.1, 0.15) is 29.6 Å². The predicted molar refractivity (Wildman–Crippen MR) is 130 cm³/mol. The van der Waals surface area contributed by atoms with Crippen LogP contribution in [0.25, 0.3) is 0 Å². The minimum absolute atomic E-state index is 0.322. The van der Waals surface area contributed by atoms with Crippen LogP contribution in [0.4, 0.5) is 0 Å². The van der Waals surface area contributed by atoms with Gasteiger partial charge < -0.3 is 5.73 Å². The summed E-state index contributed by atoms with van der Waals surface area (Å²) < 4.78 is 15.8. The summed E-state index contributed by atoms with van der Waals surface area (Å²) in [5.41, 5.74) is 7.73. The Balaban J connectivity index is 1.91. The fourth-order valence-electron chi connectivity index (χ4n) is 3.89. The number of hydrogen-bond donors (Lipinski definition) is 1. The normalized spacial score (nSPS) is 19.9. The molecule has 0 aromatic heterocycles. The molecule has 0 aliphatic carbocycles. The van der Waals surface area contributed by atoms with Gasteiger partial charge in [-0.2, -0.15) is 0 Å². The molecule has 4 rings (SSSR count). The van der Waals surface area contributed by atoms with E-state index in [9.17, 15) is 9.00 Å². The molecule has 0 bridgehead atoms. The lowest BCUT2D eigenvalue weighted by Crippen LogP contribution is -2.41. The van der Waals surface area contributed by atoms with Crippen molar-refractivity contribution in [3.05, 3.63) is 111 Å². The molecule has 8 heteroatoms. The third-order valence-corrected chi connectivity index (χ3v) is 7.55. The molecule has 32 heavy (non-hydrogen) atoms. The van der Waals surface area contributed by atoms with Gasteiger partial charge in [0.25, 0.3) is 0 Å². The lowest BCUT2D eigenvalue weighted by atomic mass is 9.89. The summed E-state index contributed by atoms with van der Waals surface area (Å²) >= 11 is 18.6. The van der Waals surface area contributed by atoms with Gasteiger partial charge in [0.2, 0.25) is 5.91 Å². The second kappa shape index (κ2) is 9.77. The fraction of sp³-hybridized carbons (Fsp3) is 0.125. The Hall–Kier alpha value is -2.15. The Morgan fingerprint density at radius 1 is 0.875 bits per heavy atom. The average Bonchev–Trinajstić information content (AvgIpc) is 2.78. The number of primary amides is 1. The average molecular weight is 506 g/mol. The summed E-state index contributed by atoms with van der Waals surface area (Å²) in [7, 11) is -1.65. The molecule has 3 aromatic rings. The van der Waals surface area contributed by atoms with Crippen molar-refractivity contribution in [2.45, 2.75) is 23.4 Å². The standard InChI is InChI=1S/C24H19Cl3N2O2S/c25-17-7-9-20(10-8-17)32(31)29-22(15-3-1-5-18(26)13-15)12-11-21(24(28)30)23(29)16-4-2-6-19(27)14-16/h1-11,13-14,22-23H,12H2,(H2,28,30). The van der Waals surface area contributed by atoms with Crippen LogP contribution in [-0.2, 0) is 15.8 Å². The van der Waals surface area contributed by atoms with Crippen LogP contribution in [0, 0.1) is 0 Å². The summed E-state index contributed by atoms with van der Waals surface area (Å²) in [6.45, 7) is 0. The summed E-state index contributed by atoms with van der Waals surface area (Å²) in [5.74, 6) is -0.572. The molecule has 4 nitrogen and oxygen atoms in total. The van der Waals surface area contributed by atoms with Crippen molar-refractivity contribution in [3.8, 4) is 0 Å². The van der Waals surface area contributed by atoms with Crippen LogP contribution in [0.2, 0.25) is 15.1 Å². The first kappa shape index (κ1) is 23.0. The molecule has 164 valence electrons. The van der Waals surface area contributed by atoms with Gasteiger partial charge in [-0.15, -0.1) is 0 Å². The number of halogens is 3. The van der Waals surface area contributed by atoms with Crippen LogP contribution in [0.3, 0.4) is 0 Å². The maximum atomic E-state index is 14.0. The van der Waals surface area contributed by atoms with E-state index >= 15 is 0 Å². The number of benzene rings is 3. The van der Waals surface area contributed by atoms with E-state index in [2.05, 4.69) is 0 Å². The molecule has 0 saturated heterocycles. The number of rotatable bonds is 5. The van der Waals surface area contributed by atoms with Gasteiger partial charge in [-0.3, -0.25) is 4.79 Å². The zero-order valence-corrected chi connectivity index (χ0v) is 19.8. The molecule has 0 radical (unpaired) electrons. The summed E-state index contributed by atoms with van der Waals surface area (Å²) in [6.07, 6.45) is 2.25. The number of carbonyl (C=O) groups excluding carboxylic acids is 1. The molecular formula is C24H19Cl3N2O2S. The third-order valence-electron chi connectivity index (χ3n) is 5.31. The van der Waals surface area contributed by atoms with Gasteiger partial charge in [-0.25, -0.2) is 8.51 Å². The molecule has 3 aromatic carbocycles. The molecule has 3 atom stereocenters. The monoisotopic (exact) mass is 504 g/mol. The molecule has 1 aliphatic heterocycles. The van der Waals surface area contributed by atoms with E-state index in [0.717, 1.165) is 11.1 Å². The smallest absolute Gasteiger partial charge is 0.246 e. The highest BCUT2D eigenvalue weighted by atomic mass is 35.5. The molecule has 0 spiro atoms. The number of amides is 1. The van der Waals surface area contributed by atoms with E-state index in [0.29, 0.717) is 32.0 Å². The Labute approximate surface area is 204 Å². The van der Waals surface area contributed by atoms with E-state index in [4.69, 9.17) is 40.5 Å². The van der Waals surface area contributed by atoms with Gasteiger partial charge in [0.15, 0.2) is 0 Å². The van der Waals surface area contributed by atoms with Crippen molar-refractivity contribution in [1.82, 2.24) is 4.31 Å². The molecule has 1 amide bonds. The second-order valence-electron chi connectivity index (χ2n) is 7.35. The minimum Gasteiger partial charge on any atom is -0.366 e. The second-order valence-corrected chi connectivity index (χ2v) is 10.1. The Morgan fingerprint density at radius 2 is 1.47 bits per heavy atom. The highest BCUT2D eigenvalue weighted by Crippen LogP contribution is 2.45.